The van der Waals surface area contributed by atoms with Crippen LogP contribution in [0.15, 0.2) is 84.9 Å². The third-order valence-electron chi connectivity index (χ3n) is 3.97. The second-order valence-corrected chi connectivity index (χ2v) is 6.10. The van der Waals surface area contributed by atoms with Crippen molar-refractivity contribution in [3.8, 4) is 0 Å². The van der Waals surface area contributed by atoms with Gasteiger partial charge in [-0.3, -0.25) is 9.59 Å². The van der Waals surface area contributed by atoms with Gasteiger partial charge in [0.25, 0.3) is 5.91 Å². The van der Waals surface area contributed by atoms with Crippen LogP contribution in [0.1, 0.15) is 21.5 Å². The molecule has 4 nitrogen and oxygen atoms in total. The van der Waals surface area contributed by atoms with Crippen LogP contribution in [0.25, 0.3) is 6.08 Å². The molecule has 0 spiro atoms. The molecule has 3 aromatic rings. The SMILES string of the molecule is Cc1ccc(/C=C/C(=O)Nc2ccccc2C(=O)Nc2ccccc2)cc1. The third kappa shape index (κ3) is 5.16. The van der Waals surface area contributed by atoms with Crippen molar-refractivity contribution in [2.45, 2.75) is 6.92 Å². The van der Waals surface area contributed by atoms with Crippen molar-refractivity contribution in [1.29, 1.82) is 0 Å². The van der Waals surface area contributed by atoms with Crippen molar-refractivity contribution in [1.82, 2.24) is 0 Å². The number of amides is 2. The fourth-order valence-corrected chi connectivity index (χ4v) is 2.53. The zero-order chi connectivity index (χ0) is 19.1. The van der Waals surface area contributed by atoms with E-state index < -0.39 is 0 Å². The van der Waals surface area contributed by atoms with Crippen molar-refractivity contribution in [2.24, 2.45) is 0 Å². The Labute approximate surface area is 158 Å². The topological polar surface area (TPSA) is 58.2 Å². The minimum absolute atomic E-state index is 0.278. The number of anilines is 2. The summed E-state index contributed by atoms with van der Waals surface area (Å²) in [7, 11) is 0. The fraction of sp³-hybridized carbons (Fsp3) is 0.0435. The number of benzene rings is 3. The van der Waals surface area contributed by atoms with Crippen molar-refractivity contribution >= 4 is 29.3 Å². The van der Waals surface area contributed by atoms with Crippen molar-refractivity contribution in [2.75, 3.05) is 10.6 Å². The average Bonchev–Trinajstić information content (AvgIpc) is 2.69. The second-order valence-electron chi connectivity index (χ2n) is 6.10. The van der Waals surface area contributed by atoms with Gasteiger partial charge in [0.05, 0.1) is 11.3 Å². The Kier molecular flexibility index (Phi) is 5.80. The van der Waals surface area contributed by atoms with Gasteiger partial charge in [0.2, 0.25) is 5.91 Å². The summed E-state index contributed by atoms with van der Waals surface area (Å²) in [6.45, 7) is 2.01. The summed E-state index contributed by atoms with van der Waals surface area (Å²) in [5.41, 5.74) is 3.66. The molecule has 0 unspecified atom stereocenters. The quantitative estimate of drug-likeness (QED) is 0.639. The first-order chi connectivity index (χ1) is 13.1. The lowest BCUT2D eigenvalue weighted by atomic mass is 10.1. The zero-order valence-electron chi connectivity index (χ0n) is 15.0. The highest BCUT2D eigenvalue weighted by Gasteiger charge is 2.12. The van der Waals surface area contributed by atoms with Crippen molar-refractivity contribution in [3.05, 3.63) is 102 Å². The normalized spacial score (nSPS) is 10.6. The smallest absolute Gasteiger partial charge is 0.257 e. The molecule has 0 radical (unpaired) electrons. The summed E-state index contributed by atoms with van der Waals surface area (Å²) in [6, 6.07) is 24.0. The van der Waals surface area contributed by atoms with Gasteiger partial charge < -0.3 is 10.6 Å². The van der Waals surface area contributed by atoms with E-state index in [9.17, 15) is 9.59 Å². The van der Waals surface area contributed by atoms with Crippen LogP contribution in [0.4, 0.5) is 11.4 Å². The van der Waals surface area contributed by atoms with Crippen LogP contribution in [-0.2, 0) is 4.79 Å². The molecule has 0 saturated carbocycles. The van der Waals surface area contributed by atoms with E-state index in [1.165, 1.54) is 6.08 Å². The van der Waals surface area contributed by atoms with Gasteiger partial charge in [-0.15, -0.1) is 0 Å². The lowest BCUT2D eigenvalue weighted by Crippen LogP contribution is -2.16. The molecule has 2 amide bonds. The maximum Gasteiger partial charge on any atom is 0.257 e. The molecule has 2 N–H and O–H groups in total. The Morgan fingerprint density at radius 1 is 0.778 bits per heavy atom. The van der Waals surface area contributed by atoms with E-state index in [-0.39, 0.29) is 11.8 Å². The van der Waals surface area contributed by atoms with Crippen LogP contribution in [0, 0.1) is 6.92 Å². The van der Waals surface area contributed by atoms with E-state index in [1.54, 1.807) is 30.3 Å². The first kappa shape index (κ1) is 18.1. The summed E-state index contributed by atoms with van der Waals surface area (Å²) in [5.74, 6) is -0.574. The van der Waals surface area contributed by atoms with Gasteiger partial charge in [-0.2, -0.15) is 0 Å². The summed E-state index contributed by atoms with van der Waals surface area (Å²) in [6.07, 6.45) is 3.19. The number of carbonyl (C=O) groups excluding carboxylic acids is 2. The summed E-state index contributed by atoms with van der Waals surface area (Å²) >= 11 is 0. The maximum absolute atomic E-state index is 12.5. The molecule has 0 bridgehead atoms. The highest BCUT2D eigenvalue weighted by Crippen LogP contribution is 2.17. The largest absolute Gasteiger partial charge is 0.322 e. The standard InChI is InChI=1S/C23H20N2O2/c1-17-11-13-18(14-12-17)15-16-22(26)25-21-10-6-5-9-20(21)23(27)24-19-7-3-2-4-8-19/h2-16H,1H3,(H,24,27)(H,25,26)/b16-15+. The van der Waals surface area contributed by atoms with E-state index in [2.05, 4.69) is 10.6 Å². The Hall–Kier alpha value is -3.66. The highest BCUT2D eigenvalue weighted by atomic mass is 16.2. The Morgan fingerprint density at radius 2 is 1.44 bits per heavy atom. The molecule has 0 fully saturated rings. The van der Waals surface area contributed by atoms with Gasteiger partial charge in [-0.1, -0.05) is 60.2 Å². The van der Waals surface area contributed by atoms with Crippen LogP contribution >= 0.6 is 0 Å². The Bertz CT molecular complexity index is 961. The van der Waals surface area contributed by atoms with Crippen LogP contribution in [0.5, 0.6) is 0 Å². The van der Waals surface area contributed by atoms with Crippen LogP contribution in [0.2, 0.25) is 0 Å². The van der Waals surface area contributed by atoms with Gasteiger partial charge in [0.1, 0.15) is 0 Å². The molecule has 0 aromatic heterocycles. The van der Waals surface area contributed by atoms with Crippen molar-refractivity contribution in [3.63, 3.8) is 0 Å². The first-order valence-electron chi connectivity index (χ1n) is 8.63. The Balaban J connectivity index is 1.70. The number of carbonyl (C=O) groups is 2. The molecule has 3 rings (SSSR count). The van der Waals surface area contributed by atoms with Gasteiger partial charge in [0.15, 0.2) is 0 Å². The monoisotopic (exact) mass is 356 g/mol. The number of hydrogen-bond acceptors (Lipinski definition) is 2. The van der Waals surface area contributed by atoms with E-state index >= 15 is 0 Å². The molecule has 0 aliphatic carbocycles. The molecule has 4 heteroatoms. The van der Waals surface area contributed by atoms with Crippen LogP contribution in [0.3, 0.4) is 0 Å². The fourth-order valence-electron chi connectivity index (χ4n) is 2.53. The molecule has 0 aliphatic heterocycles. The predicted molar refractivity (Wildman–Crippen MR) is 110 cm³/mol. The van der Waals surface area contributed by atoms with E-state index in [4.69, 9.17) is 0 Å². The third-order valence-corrected chi connectivity index (χ3v) is 3.97. The molecule has 0 heterocycles. The predicted octanol–water partition coefficient (Wildman–Crippen LogP) is 4.90. The van der Waals surface area contributed by atoms with Crippen molar-refractivity contribution < 1.29 is 9.59 Å². The molecule has 134 valence electrons. The average molecular weight is 356 g/mol. The number of para-hydroxylation sites is 2. The van der Waals surface area contributed by atoms with Crippen LogP contribution < -0.4 is 10.6 Å². The zero-order valence-corrected chi connectivity index (χ0v) is 15.0. The number of aryl methyl sites for hydroxylation is 1. The highest BCUT2D eigenvalue weighted by molar-refractivity contribution is 6.11. The minimum atomic E-state index is -0.296. The van der Waals surface area contributed by atoms with E-state index in [0.29, 0.717) is 16.9 Å². The molecule has 3 aromatic carbocycles. The minimum Gasteiger partial charge on any atom is -0.322 e. The van der Waals surface area contributed by atoms with Gasteiger partial charge in [-0.05, 0) is 42.8 Å². The Morgan fingerprint density at radius 3 is 2.19 bits per heavy atom. The molecule has 0 aliphatic rings. The lowest BCUT2D eigenvalue weighted by molar-refractivity contribution is -0.111. The maximum atomic E-state index is 12.5. The second kappa shape index (κ2) is 8.63. The molecular weight excluding hydrogens is 336 g/mol. The molecular formula is C23H20N2O2. The van der Waals surface area contributed by atoms with Crippen LogP contribution in [-0.4, -0.2) is 11.8 Å². The summed E-state index contributed by atoms with van der Waals surface area (Å²) in [4.78, 5) is 24.8. The number of nitrogens with one attached hydrogen (secondary N) is 2. The first-order valence-corrected chi connectivity index (χ1v) is 8.63. The van der Waals surface area contributed by atoms with E-state index in [0.717, 1.165) is 11.1 Å². The molecule has 0 saturated heterocycles. The van der Waals surface area contributed by atoms with Gasteiger partial charge >= 0.3 is 0 Å². The lowest BCUT2D eigenvalue weighted by Gasteiger charge is -2.10. The number of rotatable bonds is 5. The number of hydrogen-bond donors (Lipinski definition) is 2. The molecule has 27 heavy (non-hydrogen) atoms. The van der Waals surface area contributed by atoms with Gasteiger partial charge in [0, 0.05) is 11.8 Å². The summed E-state index contributed by atoms with van der Waals surface area (Å²) < 4.78 is 0. The summed E-state index contributed by atoms with van der Waals surface area (Å²) in [5, 5.41) is 5.60. The molecule has 0 atom stereocenters. The van der Waals surface area contributed by atoms with E-state index in [1.807, 2.05) is 61.5 Å². The van der Waals surface area contributed by atoms with Gasteiger partial charge in [-0.25, -0.2) is 0 Å².